The van der Waals surface area contributed by atoms with Crippen molar-refractivity contribution < 1.29 is 26.7 Å². The Balaban J connectivity index is 2.32. The summed E-state index contributed by atoms with van der Waals surface area (Å²) in [5.74, 6) is -12.1. The molecule has 13 heteroatoms. The second kappa shape index (κ2) is 7.60. The van der Waals surface area contributed by atoms with Gasteiger partial charge >= 0.3 is 0 Å². The molecule has 2 aromatic rings. The van der Waals surface area contributed by atoms with Gasteiger partial charge in [-0.05, 0) is 0 Å². The number of nitrogens with zero attached hydrogens (tertiary/aromatic N) is 2. The number of anilines is 1. The summed E-state index contributed by atoms with van der Waals surface area (Å²) in [4.78, 5) is 15.5. The highest BCUT2D eigenvalue weighted by Gasteiger charge is 2.25. The molecule has 0 saturated carbocycles. The van der Waals surface area contributed by atoms with E-state index in [2.05, 4.69) is 10.1 Å². The number of hydrazone groups is 1. The number of rotatable bonds is 3. The smallest absolute Gasteiger partial charge is 0.291 e. The molecule has 1 aromatic carbocycles. The van der Waals surface area contributed by atoms with E-state index in [-0.39, 0.29) is 27.1 Å². The first-order chi connectivity index (χ1) is 12.1. The number of nitrogens with two attached hydrogens (primary N) is 1. The van der Waals surface area contributed by atoms with E-state index in [1.165, 1.54) is 0 Å². The maximum absolute atomic E-state index is 13.5. The second-order valence-corrected chi connectivity index (χ2v) is 5.59. The average Bonchev–Trinajstić information content (AvgIpc) is 2.62. The minimum atomic E-state index is -2.33. The first kappa shape index (κ1) is 20.1. The van der Waals surface area contributed by atoms with Gasteiger partial charge in [0.1, 0.15) is 5.02 Å². The average molecular weight is 434 g/mol. The summed E-state index contributed by atoms with van der Waals surface area (Å²) in [5.41, 5.74) is 5.07. The molecule has 0 aliphatic heterocycles. The Labute approximate surface area is 156 Å². The van der Waals surface area contributed by atoms with E-state index >= 15 is 0 Å². The molecule has 138 valence electrons. The fourth-order valence-corrected chi connectivity index (χ4v) is 2.22. The van der Waals surface area contributed by atoms with Crippen LogP contribution in [0.1, 0.15) is 16.1 Å². The molecule has 0 aliphatic rings. The lowest BCUT2D eigenvalue weighted by Gasteiger charge is -2.08. The third-order valence-corrected chi connectivity index (χ3v) is 4.03. The molecule has 0 bridgehead atoms. The molecule has 0 aliphatic carbocycles. The second-order valence-electron chi connectivity index (χ2n) is 4.48. The van der Waals surface area contributed by atoms with E-state index < -0.39 is 46.3 Å². The molecular formula is C13H4Cl3F5N4O. The lowest BCUT2D eigenvalue weighted by atomic mass is 10.2. The van der Waals surface area contributed by atoms with Gasteiger partial charge in [-0.3, -0.25) is 4.79 Å². The predicted molar refractivity (Wildman–Crippen MR) is 85.0 cm³/mol. The zero-order chi connectivity index (χ0) is 19.8. The molecule has 1 amide bonds. The first-order valence-corrected chi connectivity index (χ1v) is 7.36. The molecule has 26 heavy (non-hydrogen) atoms. The number of nitrogen functional groups attached to an aromatic ring is 1. The van der Waals surface area contributed by atoms with Crippen LogP contribution in [-0.4, -0.2) is 17.1 Å². The van der Waals surface area contributed by atoms with E-state index in [0.29, 0.717) is 0 Å². The number of carbonyl (C=O) groups excluding carboxylic acids is 1. The summed E-state index contributed by atoms with van der Waals surface area (Å²) >= 11 is 17.1. The third-order valence-electron chi connectivity index (χ3n) is 2.89. The Morgan fingerprint density at radius 2 is 1.46 bits per heavy atom. The van der Waals surface area contributed by atoms with Gasteiger partial charge in [0.05, 0.1) is 22.5 Å². The van der Waals surface area contributed by atoms with Gasteiger partial charge in [-0.2, -0.15) is 5.10 Å². The predicted octanol–water partition coefficient (Wildman–Crippen LogP) is 4.08. The molecule has 2 rings (SSSR count). The standard InChI is InChI=1S/C13H4Cl3F5N4O/c14-3-10(22)4(15)12(16)24-11(3)13(26)25-23-1-2-5(17)7(19)9(21)8(20)6(2)18/h1H,(H2,22,24)(H,25,26)/b23-1+. The summed E-state index contributed by atoms with van der Waals surface area (Å²) in [7, 11) is 0. The minimum Gasteiger partial charge on any atom is -0.396 e. The van der Waals surface area contributed by atoms with Gasteiger partial charge < -0.3 is 5.73 Å². The molecule has 3 N–H and O–H groups in total. The van der Waals surface area contributed by atoms with Gasteiger partial charge in [0.25, 0.3) is 5.91 Å². The third kappa shape index (κ3) is 3.53. The Hall–Kier alpha value is -2.17. The van der Waals surface area contributed by atoms with E-state index in [0.717, 1.165) is 0 Å². The molecule has 5 nitrogen and oxygen atoms in total. The summed E-state index contributed by atoms with van der Waals surface area (Å²) in [6, 6.07) is 0. The van der Waals surface area contributed by atoms with Crippen molar-refractivity contribution in [2.24, 2.45) is 5.10 Å². The van der Waals surface area contributed by atoms with Crippen molar-refractivity contribution >= 4 is 52.6 Å². The summed E-state index contributed by atoms with van der Waals surface area (Å²) < 4.78 is 65.9. The molecule has 1 aromatic heterocycles. The zero-order valence-corrected chi connectivity index (χ0v) is 14.2. The fraction of sp³-hybridized carbons (Fsp3) is 0. The highest BCUT2D eigenvalue weighted by molar-refractivity contribution is 6.46. The van der Waals surface area contributed by atoms with E-state index in [1.54, 1.807) is 5.43 Å². The quantitative estimate of drug-likeness (QED) is 0.191. The Morgan fingerprint density at radius 3 is 2.00 bits per heavy atom. The molecular weight excluding hydrogens is 430 g/mol. The zero-order valence-electron chi connectivity index (χ0n) is 12.0. The monoisotopic (exact) mass is 432 g/mol. The van der Waals surface area contributed by atoms with Crippen LogP contribution in [-0.2, 0) is 0 Å². The normalized spacial score (nSPS) is 11.2. The van der Waals surface area contributed by atoms with Crippen LogP contribution in [0.5, 0.6) is 0 Å². The number of amides is 1. The van der Waals surface area contributed by atoms with Crippen molar-refractivity contribution in [3.63, 3.8) is 0 Å². The highest BCUT2D eigenvalue weighted by Crippen LogP contribution is 2.34. The van der Waals surface area contributed by atoms with Crippen LogP contribution in [0.15, 0.2) is 5.10 Å². The van der Waals surface area contributed by atoms with Crippen molar-refractivity contribution in [2.45, 2.75) is 0 Å². The summed E-state index contributed by atoms with van der Waals surface area (Å²) in [5, 5.41) is 2.14. The van der Waals surface area contributed by atoms with Crippen LogP contribution in [0.2, 0.25) is 15.2 Å². The van der Waals surface area contributed by atoms with Gasteiger partial charge in [-0.15, -0.1) is 0 Å². The molecule has 0 fully saturated rings. The molecule has 0 atom stereocenters. The Kier molecular flexibility index (Phi) is 5.89. The molecule has 0 unspecified atom stereocenters. The summed E-state index contributed by atoms with van der Waals surface area (Å²) in [6.07, 6.45) is 0.211. The van der Waals surface area contributed by atoms with Crippen LogP contribution < -0.4 is 11.2 Å². The largest absolute Gasteiger partial charge is 0.396 e. The molecule has 0 saturated heterocycles. The Bertz CT molecular complexity index is 925. The van der Waals surface area contributed by atoms with E-state index in [4.69, 9.17) is 40.5 Å². The first-order valence-electron chi connectivity index (χ1n) is 6.22. The van der Waals surface area contributed by atoms with Crippen LogP contribution in [0, 0.1) is 29.1 Å². The van der Waals surface area contributed by atoms with Crippen molar-refractivity contribution in [3.05, 3.63) is 55.5 Å². The Morgan fingerprint density at radius 1 is 0.962 bits per heavy atom. The number of pyridine rings is 1. The fourth-order valence-electron chi connectivity index (χ4n) is 1.63. The van der Waals surface area contributed by atoms with Crippen LogP contribution in [0.3, 0.4) is 0 Å². The number of aromatic nitrogens is 1. The van der Waals surface area contributed by atoms with Crippen molar-refractivity contribution in [1.29, 1.82) is 0 Å². The van der Waals surface area contributed by atoms with Crippen LogP contribution in [0.4, 0.5) is 27.6 Å². The van der Waals surface area contributed by atoms with Gasteiger partial charge in [0, 0.05) is 0 Å². The number of hydrogen-bond donors (Lipinski definition) is 2. The topological polar surface area (TPSA) is 80.4 Å². The van der Waals surface area contributed by atoms with Crippen LogP contribution in [0.25, 0.3) is 0 Å². The lowest BCUT2D eigenvalue weighted by Crippen LogP contribution is -2.20. The van der Waals surface area contributed by atoms with E-state index in [9.17, 15) is 26.7 Å². The maximum atomic E-state index is 13.5. The van der Waals surface area contributed by atoms with Crippen LogP contribution >= 0.6 is 34.8 Å². The number of carbonyl (C=O) groups is 1. The molecule has 0 radical (unpaired) electrons. The summed E-state index contributed by atoms with van der Waals surface area (Å²) in [6.45, 7) is 0. The lowest BCUT2D eigenvalue weighted by molar-refractivity contribution is 0.0950. The van der Waals surface area contributed by atoms with E-state index in [1.807, 2.05) is 0 Å². The number of benzene rings is 1. The molecule has 1 heterocycles. The number of halogens is 8. The maximum Gasteiger partial charge on any atom is 0.291 e. The highest BCUT2D eigenvalue weighted by atomic mass is 35.5. The van der Waals surface area contributed by atoms with Gasteiger partial charge in [-0.25, -0.2) is 32.4 Å². The number of nitrogens with one attached hydrogen (secondary N) is 1. The van der Waals surface area contributed by atoms with Crippen molar-refractivity contribution in [1.82, 2.24) is 10.4 Å². The SMILES string of the molecule is Nc1c(Cl)c(Cl)nc(C(=O)N/N=C/c2c(F)c(F)c(F)c(F)c2F)c1Cl. The minimum absolute atomic E-state index is 0.210. The molecule has 0 spiro atoms. The van der Waals surface area contributed by atoms with Crippen molar-refractivity contribution in [3.8, 4) is 0 Å². The van der Waals surface area contributed by atoms with Gasteiger partial charge in [0.2, 0.25) is 5.82 Å². The van der Waals surface area contributed by atoms with Gasteiger partial charge in [-0.1, -0.05) is 34.8 Å². The number of hydrogen-bond acceptors (Lipinski definition) is 4. The van der Waals surface area contributed by atoms with Crippen molar-refractivity contribution in [2.75, 3.05) is 5.73 Å². The van der Waals surface area contributed by atoms with Gasteiger partial charge in [0.15, 0.2) is 34.1 Å².